The lowest BCUT2D eigenvalue weighted by atomic mass is 10.1. The summed E-state index contributed by atoms with van der Waals surface area (Å²) in [6.45, 7) is 8.73. The Morgan fingerprint density at radius 2 is 2.20 bits per heavy atom. The van der Waals surface area contributed by atoms with Crippen molar-refractivity contribution in [3.8, 4) is 0 Å². The van der Waals surface area contributed by atoms with Gasteiger partial charge in [-0.2, -0.15) is 28.6 Å². The maximum absolute atomic E-state index is 4.54. The van der Waals surface area contributed by atoms with Crippen molar-refractivity contribution in [3.05, 3.63) is 16.4 Å². The normalized spacial score (nSPS) is 24.8. The summed E-state index contributed by atoms with van der Waals surface area (Å²) in [5, 5.41) is 9.53. The average molecular weight is 378 g/mol. The molecule has 1 aliphatic heterocycles. The Balaban J connectivity index is 2.29. The molecule has 3 unspecified atom stereocenters. The van der Waals surface area contributed by atoms with Gasteiger partial charge in [0.25, 0.3) is 0 Å². The van der Waals surface area contributed by atoms with Crippen LogP contribution in [0.1, 0.15) is 38.9 Å². The smallest absolute Gasteiger partial charge is 0.0707 e. The van der Waals surface area contributed by atoms with Crippen LogP contribution >= 0.6 is 39.5 Å². The van der Waals surface area contributed by atoms with Crippen LogP contribution in [0.15, 0.2) is 10.7 Å². The van der Waals surface area contributed by atoms with Gasteiger partial charge >= 0.3 is 0 Å². The summed E-state index contributed by atoms with van der Waals surface area (Å²) in [4.78, 5) is 0. The summed E-state index contributed by atoms with van der Waals surface area (Å²) in [5.41, 5.74) is 1.32. The number of hydrogen-bond acceptors (Lipinski definition) is 4. The van der Waals surface area contributed by atoms with Crippen LogP contribution in [0.4, 0.5) is 0 Å². The third-order valence-electron chi connectivity index (χ3n) is 3.55. The van der Waals surface area contributed by atoms with Crippen LogP contribution in [0, 0.1) is 0 Å². The van der Waals surface area contributed by atoms with Crippen molar-refractivity contribution < 1.29 is 0 Å². The monoisotopic (exact) mass is 377 g/mol. The lowest BCUT2D eigenvalue weighted by Crippen LogP contribution is -2.39. The Labute approximate surface area is 139 Å². The summed E-state index contributed by atoms with van der Waals surface area (Å²) < 4.78 is 3.31. The second kappa shape index (κ2) is 8.11. The molecular weight excluding hydrogens is 354 g/mol. The second-order valence-electron chi connectivity index (χ2n) is 5.05. The summed E-state index contributed by atoms with van der Waals surface area (Å²) in [6, 6.07) is 0.372. The molecule has 0 aliphatic carbocycles. The number of hydrogen-bond donors (Lipinski definition) is 1. The van der Waals surface area contributed by atoms with Gasteiger partial charge in [0.2, 0.25) is 0 Å². The molecule has 0 spiro atoms. The lowest BCUT2D eigenvalue weighted by molar-refractivity contribution is 0.463. The van der Waals surface area contributed by atoms with Crippen LogP contribution in [0.2, 0.25) is 0 Å². The Morgan fingerprint density at radius 1 is 1.45 bits per heavy atom. The molecule has 3 atom stereocenters. The molecule has 0 amide bonds. The fourth-order valence-corrected chi connectivity index (χ4v) is 6.14. The largest absolute Gasteiger partial charge is 0.308 e. The Morgan fingerprint density at radius 3 is 2.85 bits per heavy atom. The predicted molar refractivity (Wildman–Crippen MR) is 94.8 cm³/mol. The van der Waals surface area contributed by atoms with Gasteiger partial charge in [0.05, 0.1) is 22.4 Å². The molecule has 1 aromatic rings. The summed E-state index contributed by atoms with van der Waals surface area (Å²) in [5.74, 6) is 2.53. The van der Waals surface area contributed by atoms with Crippen LogP contribution in [-0.4, -0.2) is 38.3 Å². The van der Waals surface area contributed by atoms with Gasteiger partial charge in [0, 0.05) is 28.6 Å². The van der Waals surface area contributed by atoms with Crippen molar-refractivity contribution in [2.24, 2.45) is 0 Å². The first kappa shape index (κ1) is 16.7. The number of nitrogens with one attached hydrogen (secondary N) is 1. The minimum Gasteiger partial charge on any atom is -0.308 e. The van der Waals surface area contributed by atoms with Crippen molar-refractivity contribution in [3.63, 3.8) is 0 Å². The fourth-order valence-electron chi connectivity index (χ4n) is 2.68. The third kappa shape index (κ3) is 3.76. The molecule has 0 aromatic carbocycles. The van der Waals surface area contributed by atoms with E-state index in [9.17, 15) is 0 Å². The highest BCUT2D eigenvalue weighted by Gasteiger charge is 2.34. The quantitative estimate of drug-likeness (QED) is 0.812. The number of aryl methyl sites for hydroxylation is 1. The zero-order valence-electron chi connectivity index (χ0n) is 12.4. The molecular formula is C14H24BrN3S2. The molecule has 20 heavy (non-hydrogen) atoms. The van der Waals surface area contributed by atoms with E-state index in [4.69, 9.17) is 0 Å². The number of nitrogens with zero attached hydrogens (tertiary/aromatic N) is 2. The van der Waals surface area contributed by atoms with Gasteiger partial charge in [-0.1, -0.05) is 20.8 Å². The minimum absolute atomic E-state index is 0.372. The van der Waals surface area contributed by atoms with Crippen molar-refractivity contribution in [1.82, 2.24) is 15.1 Å². The zero-order chi connectivity index (χ0) is 14.5. The molecule has 0 radical (unpaired) electrons. The summed E-state index contributed by atoms with van der Waals surface area (Å²) in [6.07, 6.45) is 3.06. The molecule has 114 valence electrons. The van der Waals surface area contributed by atoms with Crippen LogP contribution in [0.25, 0.3) is 0 Å². The topological polar surface area (TPSA) is 29.9 Å². The van der Waals surface area contributed by atoms with Gasteiger partial charge in [-0.15, -0.1) is 0 Å². The Hall–Kier alpha value is 0.350. The number of thioether (sulfide) groups is 2. The van der Waals surface area contributed by atoms with Crippen molar-refractivity contribution in [2.75, 3.05) is 18.1 Å². The van der Waals surface area contributed by atoms with Gasteiger partial charge < -0.3 is 5.32 Å². The second-order valence-corrected chi connectivity index (χ2v) is 8.67. The van der Waals surface area contributed by atoms with Crippen LogP contribution in [0.3, 0.4) is 0 Å². The van der Waals surface area contributed by atoms with Gasteiger partial charge in [0.15, 0.2) is 0 Å². The molecule has 0 saturated carbocycles. The third-order valence-corrected chi connectivity index (χ3v) is 7.36. The molecule has 1 saturated heterocycles. The maximum atomic E-state index is 4.54. The molecule has 1 aromatic heterocycles. The van der Waals surface area contributed by atoms with E-state index < -0.39 is 0 Å². The van der Waals surface area contributed by atoms with Crippen molar-refractivity contribution >= 4 is 39.5 Å². The molecule has 3 nitrogen and oxygen atoms in total. The lowest BCUT2D eigenvalue weighted by Gasteiger charge is -2.35. The standard InChI is InChI=1S/C14H24BrN3S2/c1-4-6-18-13(11(15)9-17-18)12(16-5-2)14-10(3)19-7-8-20-14/h9-10,12,14,16H,4-8H2,1-3H3. The van der Waals surface area contributed by atoms with E-state index in [-0.39, 0.29) is 0 Å². The summed E-state index contributed by atoms with van der Waals surface area (Å²) in [7, 11) is 0. The van der Waals surface area contributed by atoms with Crippen molar-refractivity contribution in [1.29, 1.82) is 0 Å². The Kier molecular flexibility index (Phi) is 6.78. The number of aromatic nitrogens is 2. The molecule has 6 heteroatoms. The highest BCUT2D eigenvalue weighted by molar-refractivity contribution is 9.10. The van der Waals surface area contributed by atoms with Gasteiger partial charge in [-0.3, -0.25) is 4.68 Å². The molecule has 1 fully saturated rings. The fraction of sp³-hybridized carbons (Fsp3) is 0.786. The average Bonchev–Trinajstić information content (AvgIpc) is 2.79. The number of halogens is 1. The maximum Gasteiger partial charge on any atom is 0.0707 e. The molecule has 1 N–H and O–H groups in total. The van der Waals surface area contributed by atoms with Gasteiger partial charge in [-0.25, -0.2) is 0 Å². The van der Waals surface area contributed by atoms with Gasteiger partial charge in [-0.05, 0) is 28.9 Å². The van der Waals surface area contributed by atoms with E-state index in [2.05, 4.69) is 75.3 Å². The van der Waals surface area contributed by atoms with E-state index in [0.717, 1.165) is 24.0 Å². The van der Waals surface area contributed by atoms with Crippen LogP contribution < -0.4 is 5.32 Å². The predicted octanol–water partition coefficient (Wildman–Crippen LogP) is 3.94. The SMILES string of the molecule is CCCn1ncc(Br)c1C(NCC)C1SCCSC1C. The minimum atomic E-state index is 0.372. The van der Waals surface area contributed by atoms with Crippen molar-refractivity contribution in [2.45, 2.75) is 50.3 Å². The summed E-state index contributed by atoms with van der Waals surface area (Å²) >= 11 is 7.91. The van der Waals surface area contributed by atoms with E-state index in [1.54, 1.807) is 0 Å². The molecule has 1 aliphatic rings. The van der Waals surface area contributed by atoms with E-state index >= 15 is 0 Å². The first-order valence-electron chi connectivity index (χ1n) is 7.36. The van der Waals surface area contributed by atoms with E-state index in [0.29, 0.717) is 16.5 Å². The van der Waals surface area contributed by atoms with Gasteiger partial charge in [0.1, 0.15) is 0 Å². The Bertz CT molecular complexity index is 425. The van der Waals surface area contributed by atoms with E-state index in [1.807, 2.05) is 6.20 Å². The molecule has 2 rings (SSSR count). The first-order chi connectivity index (χ1) is 9.69. The first-order valence-corrected chi connectivity index (χ1v) is 10.3. The molecule has 0 bridgehead atoms. The highest BCUT2D eigenvalue weighted by atomic mass is 79.9. The number of rotatable bonds is 6. The highest BCUT2D eigenvalue weighted by Crippen LogP contribution is 2.40. The zero-order valence-corrected chi connectivity index (χ0v) is 15.7. The van der Waals surface area contributed by atoms with Crippen LogP contribution in [-0.2, 0) is 6.54 Å². The van der Waals surface area contributed by atoms with Crippen LogP contribution in [0.5, 0.6) is 0 Å². The molecule has 2 heterocycles. The van der Waals surface area contributed by atoms with E-state index in [1.165, 1.54) is 17.2 Å².